The molecule has 0 aromatic heterocycles. The Morgan fingerprint density at radius 3 is 2.50 bits per heavy atom. The molecule has 1 aliphatic carbocycles. The lowest BCUT2D eigenvalue weighted by Gasteiger charge is -2.36. The summed E-state index contributed by atoms with van der Waals surface area (Å²) in [6.07, 6.45) is 4.70. The van der Waals surface area contributed by atoms with Gasteiger partial charge in [0.2, 0.25) is 0 Å². The monoisotopic (exact) mass is 221 g/mol. The average molecular weight is 221 g/mol. The maximum atomic E-state index is 10.8. The third-order valence-corrected chi connectivity index (χ3v) is 3.64. The Morgan fingerprint density at radius 1 is 1.43 bits per heavy atom. The van der Waals surface area contributed by atoms with Crippen molar-refractivity contribution in [2.24, 2.45) is 0 Å². The second-order valence-corrected chi connectivity index (χ2v) is 6.50. The Balaban J connectivity index is 2.00. The largest absolute Gasteiger partial charge is 0.389 e. The fourth-order valence-corrected chi connectivity index (χ4v) is 2.21. The minimum absolute atomic E-state index is 0.221. The predicted octanol–water partition coefficient (Wildman–Crippen LogP) is -0.0743. The lowest BCUT2D eigenvalue weighted by Crippen LogP contribution is -2.46. The second kappa shape index (κ2) is 4.59. The molecule has 0 radical (unpaired) electrons. The highest BCUT2D eigenvalue weighted by Crippen LogP contribution is 2.30. The molecule has 0 aliphatic heterocycles. The highest BCUT2D eigenvalue weighted by atomic mass is 32.2. The topological polar surface area (TPSA) is 66.4 Å². The lowest BCUT2D eigenvalue weighted by atomic mass is 9.80. The molecule has 0 aromatic rings. The van der Waals surface area contributed by atoms with Crippen LogP contribution in [0.4, 0.5) is 0 Å². The van der Waals surface area contributed by atoms with Crippen LogP contribution in [0.2, 0.25) is 0 Å². The first-order chi connectivity index (χ1) is 6.41. The first-order valence-electron chi connectivity index (χ1n) is 5.02. The smallest absolute Gasteiger partial charge is 0.147 e. The number of sulfone groups is 1. The number of aliphatic hydroxyl groups is 1. The van der Waals surface area contributed by atoms with Crippen LogP contribution in [0, 0.1) is 0 Å². The Hall–Kier alpha value is -0.130. The molecule has 1 rings (SSSR count). The van der Waals surface area contributed by atoms with E-state index in [4.69, 9.17) is 0 Å². The van der Waals surface area contributed by atoms with Crippen LogP contribution >= 0.6 is 0 Å². The molecule has 4 nitrogen and oxygen atoms in total. The lowest BCUT2D eigenvalue weighted by molar-refractivity contribution is -0.0310. The Kier molecular flexibility index (Phi) is 3.92. The summed E-state index contributed by atoms with van der Waals surface area (Å²) >= 11 is 0. The van der Waals surface area contributed by atoms with Crippen LogP contribution in [0.3, 0.4) is 0 Å². The number of nitrogens with one attached hydrogen (secondary N) is 1. The summed E-state index contributed by atoms with van der Waals surface area (Å²) in [6.45, 7) is 1.26. The fourth-order valence-electron chi connectivity index (χ4n) is 1.54. The summed E-state index contributed by atoms with van der Waals surface area (Å²) in [4.78, 5) is 0. The SMILES string of the molecule is CS(=O)(=O)CCCNCC1(O)CCC1. The van der Waals surface area contributed by atoms with Gasteiger partial charge in [0, 0.05) is 12.8 Å². The van der Waals surface area contributed by atoms with Gasteiger partial charge in [-0.05, 0) is 32.2 Å². The fraction of sp³-hybridized carbons (Fsp3) is 1.00. The van der Waals surface area contributed by atoms with Crippen LogP contribution in [0.25, 0.3) is 0 Å². The van der Waals surface area contributed by atoms with Crippen LogP contribution in [-0.4, -0.2) is 44.2 Å². The van der Waals surface area contributed by atoms with Gasteiger partial charge < -0.3 is 10.4 Å². The molecule has 14 heavy (non-hydrogen) atoms. The van der Waals surface area contributed by atoms with Gasteiger partial charge in [-0.2, -0.15) is 0 Å². The molecule has 0 unspecified atom stereocenters. The van der Waals surface area contributed by atoms with Crippen molar-refractivity contribution in [1.82, 2.24) is 5.32 Å². The van der Waals surface area contributed by atoms with Crippen molar-refractivity contribution < 1.29 is 13.5 Å². The molecule has 84 valence electrons. The van der Waals surface area contributed by atoms with Gasteiger partial charge in [-0.25, -0.2) is 8.42 Å². The third kappa shape index (κ3) is 4.39. The van der Waals surface area contributed by atoms with Gasteiger partial charge in [0.1, 0.15) is 9.84 Å². The van der Waals surface area contributed by atoms with Crippen LogP contribution in [0.1, 0.15) is 25.7 Å². The van der Waals surface area contributed by atoms with E-state index < -0.39 is 15.4 Å². The summed E-state index contributed by atoms with van der Waals surface area (Å²) in [5.41, 5.74) is -0.509. The quantitative estimate of drug-likeness (QED) is 0.616. The van der Waals surface area contributed by atoms with Crippen molar-refractivity contribution in [3.63, 3.8) is 0 Å². The van der Waals surface area contributed by atoms with Crippen LogP contribution < -0.4 is 5.32 Å². The molecule has 0 spiro atoms. The Labute approximate surface area is 85.6 Å². The first-order valence-corrected chi connectivity index (χ1v) is 7.08. The molecule has 2 N–H and O–H groups in total. The molecule has 0 aromatic carbocycles. The van der Waals surface area contributed by atoms with Gasteiger partial charge >= 0.3 is 0 Å². The highest BCUT2D eigenvalue weighted by molar-refractivity contribution is 7.90. The zero-order chi connectivity index (χ0) is 10.7. The van der Waals surface area contributed by atoms with E-state index in [1.807, 2.05) is 0 Å². The van der Waals surface area contributed by atoms with E-state index in [9.17, 15) is 13.5 Å². The minimum atomic E-state index is -2.83. The van der Waals surface area contributed by atoms with Gasteiger partial charge in [-0.3, -0.25) is 0 Å². The summed E-state index contributed by atoms with van der Waals surface area (Å²) in [5.74, 6) is 0.221. The number of hydrogen-bond acceptors (Lipinski definition) is 4. The molecule has 1 aliphatic rings. The van der Waals surface area contributed by atoms with Gasteiger partial charge in [0.05, 0.1) is 11.4 Å². The maximum absolute atomic E-state index is 10.8. The summed E-state index contributed by atoms with van der Waals surface area (Å²) < 4.78 is 21.6. The first kappa shape index (κ1) is 11.9. The van der Waals surface area contributed by atoms with Crippen molar-refractivity contribution in [1.29, 1.82) is 0 Å². The van der Waals surface area contributed by atoms with Crippen LogP contribution in [0.5, 0.6) is 0 Å². The molecule has 0 heterocycles. The van der Waals surface area contributed by atoms with E-state index in [2.05, 4.69) is 5.32 Å². The molecule has 0 atom stereocenters. The highest BCUT2D eigenvalue weighted by Gasteiger charge is 2.33. The summed E-state index contributed by atoms with van der Waals surface area (Å²) in [6, 6.07) is 0. The molecule has 0 bridgehead atoms. The second-order valence-electron chi connectivity index (χ2n) is 4.24. The number of rotatable bonds is 6. The van der Waals surface area contributed by atoms with E-state index in [1.54, 1.807) is 0 Å². The van der Waals surface area contributed by atoms with E-state index in [1.165, 1.54) is 6.26 Å². The predicted molar refractivity (Wildman–Crippen MR) is 56.0 cm³/mol. The zero-order valence-electron chi connectivity index (χ0n) is 8.62. The van der Waals surface area contributed by atoms with E-state index in [0.717, 1.165) is 19.3 Å². The Morgan fingerprint density at radius 2 is 2.07 bits per heavy atom. The molecule has 1 saturated carbocycles. The van der Waals surface area contributed by atoms with Gasteiger partial charge in [0.15, 0.2) is 0 Å². The van der Waals surface area contributed by atoms with Gasteiger partial charge in [-0.1, -0.05) is 0 Å². The molecule has 0 amide bonds. The van der Waals surface area contributed by atoms with Crippen molar-refractivity contribution in [3.8, 4) is 0 Å². The molecular formula is C9H19NO3S. The van der Waals surface area contributed by atoms with E-state index >= 15 is 0 Å². The van der Waals surface area contributed by atoms with Crippen molar-refractivity contribution in [2.75, 3.05) is 25.1 Å². The minimum Gasteiger partial charge on any atom is -0.389 e. The zero-order valence-corrected chi connectivity index (χ0v) is 9.44. The number of hydrogen-bond donors (Lipinski definition) is 2. The Bertz CT molecular complexity index is 270. The normalized spacial score (nSPS) is 20.4. The average Bonchev–Trinajstić information content (AvgIpc) is 1.98. The van der Waals surface area contributed by atoms with Gasteiger partial charge in [-0.15, -0.1) is 0 Å². The third-order valence-electron chi connectivity index (χ3n) is 2.61. The standard InChI is InChI=1S/C9H19NO3S/c1-14(12,13)7-3-6-10-8-9(11)4-2-5-9/h10-11H,2-8H2,1H3. The van der Waals surface area contributed by atoms with Crippen molar-refractivity contribution >= 4 is 9.84 Å². The van der Waals surface area contributed by atoms with Gasteiger partial charge in [0.25, 0.3) is 0 Å². The summed E-state index contributed by atoms with van der Waals surface area (Å²) in [5, 5.41) is 12.8. The van der Waals surface area contributed by atoms with Crippen molar-refractivity contribution in [3.05, 3.63) is 0 Å². The van der Waals surface area contributed by atoms with E-state index in [-0.39, 0.29) is 5.75 Å². The van der Waals surface area contributed by atoms with Crippen LogP contribution in [-0.2, 0) is 9.84 Å². The molecule has 1 fully saturated rings. The van der Waals surface area contributed by atoms with E-state index in [0.29, 0.717) is 19.5 Å². The summed E-state index contributed by atoms with van der Waals surface area (Å²) in [7, 11) is -2.83. The van der Waals surface area contributed by atoms with Crippen LogP contribution in [0.15, 0.2) is 0 Å². The van der Waals surface area contributed by atoms with Crippen molar-refractivity contribution in [2.45, 2.75) is 31.3 Å². The molecular weight excluding hydrogens is 202 g/mol. The molecule has 0 saturated heterocycles. The maximum Gasteiger partial charge on any atom is 0.147 e. The molecule has 5 heteroatoms.